The predicted octanol–water partition coefficient (Wildman–Crippen LogP) is 10.0. The van der Waals surface area contributed by atoms with Crippen LogP contribution in [-0.4, -0.2) is 80.1 Å². The van der Waals surface area contributed by atoms with Crippen LogP contribution in [0.15, 0.2) is 36.4 Å². The Kier molecular flexibility index (Phi) is 12.4. The van der Waals surface area contributed by atoms with Crippen LogP contribution in [0.2, 0.25) is 26.7 Å². The van der Waals surface area contributed by atoms with E-state index in [1.54, 1.807) is 12.1 Å². The molecule has 3 heterocycles. The molecule has 2 atom stereocenters. The Balaban J connectivity index is 1.35. The average Bonchev–Trinajstić information content (AvgIpc) is 3.50. The zero-order valence-electron chi connectivity index (χ0n) is 30.2. The quantitative estimate of drug-likeness (QED) is 0.227. The molecule has 0 bridgehead atoms. The zero-order chi connectivity index (χ0) is 36.5. The topological polar surface area (TPSA) is 53.1 Å². The van der Waals surface area contributed by atoms with Gasteiger partial charge in [-0.05, 0) is 89.7 Å². The number of amides is 2. The molecule has 0 aliphatic carbocycles. The van der Waals surface area contributed by atoms with Crippen LogP contribution in [0.25, 0.3) is 11.1 Å². The van der Waals surface area contributed by atoms with Crippen LogP contribution in [0.5, 0.6) is 0 Å². The van der Waals surface area contributed by atoms with Gasteiger partial charge < -0.3 is 9.33 Å². The molecule has 12 heteroatoms. The first-order valence-corrected chi connectivity index (χ1v) is 21.1. The number of hydrogen-bond acceptors (Lipinski definition) is 4. The number of benzene rings is 2. The Bertz CT molecular complexity index is 1470. The van der Waals surface area contributed by atoms with Gasteiger partial charge in [-0.3, -0.25) is 14.6 Å². The van der Waals surface area contributed by atoms with Crippen LogP contribution in [0.1, 0.15) is 89.6 Å². The number of nitrogens with zero attached hydrogens (tertiary/aromatic N) is 3. The van der Waals surface area contributed by atoms with Gasteiger partial charge in [-0.2, -0.15) is 13.2 Å². The van der Waals surface area contributed by atoms with Crippen molar-refractivity contribution in [3.63, 3.8) is 0 Å². The third-order valence-electron chi connectivity index (χ3n) is 11.4. The standard InChI is InChI=1S/C38H52Cl2F3N3O3Si/c1-24(2)50(25(3)4,26(5)6)49-35-15-19-45(46-16-7-8-36(46)47)23-30(35)20-32-33(39)21-29(22-34(32)40)27-9-11-28(12-10-27)37(48)44-17-13-31(14-18-44)38(41,42)43/h9-12,21-22,24-26,30-31,35H,7-8,13-20,23H2,1-6H3. The second kappa shape index (κ2) is 15.9. The summed E-state index contributed by atoms with van der Waals surface area (Å²) >= 11 is 14.0. The summed E-state index contributed by atoms with van der Waals surface area (Å²) in [4.78, 5) is 27.3. The second-order valence-corrected chi connectivity index (χ2v) is 21.6. The molecule has 0 aromatic heterocycles. The van der Waals surface area contributed by atoms with E-state index in [0.29, 0.717) is 51.6 Å². The lowest BCUT2D eigenvalue weighted by atomic mass is 9.88. The van der Waals surface area contributed by atoms with Crippen LogP contribution < -0.4 is 0 Å². The average molecular weight is 755 g/mol. The van der Waals surface area contributed by atoms with Crippen LogP contribution in [-0.2, 0) is 15.6 Å². The minimum Gasteiger partial charge on any atom is -0.413 e. The molecule has 3 aliphatic heterocycles. The molecule has 2 unspecified atom stereocenters. The van der Waals surface area contributed by atoms with Crippen molar-refractivity contribution in [2.24, 2.45) is 11.8 Å². The maximum atomic E-state index is 13.1. The van der Waals surface area contributed by atoms with Crippen molar-refractivity contribution >= 4 is 43.3 Å². The first-order valence-electron chi connectivity index (χ1n) is 18.2. The maximum Gasteiger partial charge on any atom is 0.391 e. The van der Waals surface area contributed by atoms with E-state index >= 15 is 0 Å². The summed E-state index contributed by atoms with van der Waals surface area (Å²) in [7, 11) is -2.19. The highest BCUT2D eigenvalue weighted by atomic mass is 35.5. The summed E-state index contributed by atoms with van der Waals surface area (Å²) in [5.41, 5.74) is 4.24. The van der Waals surface area contributed by atoms with Gasteiger partial charge in [0.05, 0.1) is 12.0 Å². The van der Waals surface area contributed by atoms with Crippen molar-refractivity contribution in [3.8, 4) is 11.1 Å². The summed E-state index contributed by atoms with van der Waals surface area (Å²) in [5, 5.41) is 5.23. The number of halogens is 5. The molecule has 0 N–H and O–H groups in total. The second-order valence-electron chi connectivity index (χ2n) is 15.4. The Hall–Kier alpha value is -2.11. The first-order chi connectivity index (χ1) is 23.5. The van der Waals surface area contributed by atoms with Crippen molar-refractivity contribution in [2.75, 3.05) is 32.7 Å². The molecule has 0 saturated carbocycles. The van der Waals surface area contributed by atoms with Crippen molar-refractivity contribution in [1.29, 1.82) is 0 Å². The molecule has 3 fully saturated rings. The third-order valence-corrected chi connectivity index (χ3v) is 18.2. The van der Waals surface area contributed by atoms with E-state index in [1.807, 2.05) is 29.3 Å². The number of rotatable bonds is 10. The molecular weight excluding hydrogens is 702 g/mol. The monoisotopic (exact) mass is 753 g/mol. The number of hydrogen-bond donors (Lipinski definition) is 0. The third kappa shape index (κ3) is 8.25. The highest BCUT2D eigenvalue weighted by Crippen LogP contribution is 2.46. The van der Waals surface area contributed by atoms with E-state index in [4.69, 9.17) is 27.6 Å². The van der Waals surface area contributed by atoms with Gasteiger partial charge in [0.15, 0.2) is 0 Å². The smallest absolute Gasteiger partial charge is 0.391 e. The molecule has 0 spiro atoms. The van der Waals surface area contributed by atoms with Crippen LogP contribution in [0.4, 0.5) is 13.2 Å². The molecule has 50 heavy (non-hydrogen) atoms. The number of likely N-dealkylation sites (tertiary alicyclic amines) is 1. The highest BCUT2D eigenvalue weighted by molar-refractivity contribution is 6.77. The number of hydrazine groups is 1. The molecule has 276 valence electrons. The fraction of sp³-hybridized carbons (Fsp3) is 0.632. The summed E-state index contributed by atoms with van der Waals surface area (Å²) in [5.74, 6) is -1.37. The number of piperidine rings is 2. The van der Waals surface area contributed by atoms with Crippen molar-refractivity contribution in [1.82, 2.24) is 14.9 Å². The predicted molar refractivity (Wildman–Crippen MR) is 197 cm³/mol. The lowest BCUT2D eigenvalue weighted by Crippen LogP contribution is -2.57. The summed E-state index contributed by atoms with van der Waals surface area (Å²) in [6, 6.07) is 10.8. The van der Waals surface area contributed by atoms with E-state index < -0.39 is 20.4 Å². The van der Waals surface area contributed by atoms with E-state index in [9.17, 15) is 22.8 Å². The molecule has 5 rings (SSSR count). The highest BCUT2D eigenvalue weighted by Gasteiger charge is 2.49. The molecular formula is C38H52Cl2F3N3O3Si. The molecule has 6 nitrogen and oxygen atoms in total. The number of alkyl halides is 3. The van der Waals surface area contributed by atoms with Gasteiger partial charge in [-0.1, -0.05) is 76.9 Å². The Morgan fingerprint density at radius 2 is 1.46 bits per heavy atom. The minimum atomic E-state index is -4.22. The van der Waals surface area contributed by atoms with Gasteiger partial charge >= 0.3 is 6.18 Å². The van der Waals surface area contributed by atoms with Gasteiger partial charge in [-0.25, -0.2) is 5.01 Å². The number of carbonyl (C=O) groups excluding carboxylic acids is 2. The molecule has 3 saturated heterocycles. The van der Waals surface area contributed by atoms with E-state index in [1.165, 1.54) is 4.90 Å². The fourth-order valence-corrected chi connectivity index (χ4v) is 15.1. The summed E-state index contributed by atoms with van der Waals surface area (Å²) < 4.78 is 46.7. The summed E-state index contributed by atoms with van der Waals surface area (Å²) in [6.45, 7) is 16.2. The molecule has 2 aromatic carbocycles. The fourth-order valence-electron chi connectivity index (χ4n) is 8.79. The zero-order valence-corrected chi connectivity index (χ0v) is 32.7. The summed E-state index contributed by atoms with van der Waals surface area (Å²) in [6.07, 6.45) is -1.47. The Morgan fingerprint density at radius 1 is 0.880 bits per heavy atom. The first kappa shape index (κ1) is 39.1. The van der Waals surface area contributed by atoms with Gasteiger partial charge in [0.2, 0.25) is 14.2 Å². The van der Waals surface area contributed by atoms with Gasteiger partial charge in [-0.15, -0.1) is 0 Å². The maximum absolute atomic E-state index is 13.1. The van der Waals surface area contributed by atoms with E-state index in [0.717, 1.165) is 42.6 Å². The molecule has 3 aliphatic rings. The Labute approximate surface area is 306 Å². The lowest BCUT2D eigenvalue weighted by molar-refractivity contribution is -0.183. The van der Waals surface area contributed by atoms with Crippen LogP contribution in [0, 0.1) is 11.8 Å². The van der Waals surface area contributed by atoms with Gasteiger partial charge in [0.1, 0.15) is 0 Å². The van der Waals surface area contributed by atoms with E-state index in [2.05, 4.69) is 46.6 Å². The van der Waals surface area contributed by atoms with Gasteiger partial charge in [0.25, 0.3) is 5.91 Å². The van der Waals surface area contributed by atoms with Crippen molar-refractivity contribution < 1.29 is 27.2 Å². The minimum absolute atomic E-state index is 0.0129. The molecule has 0 radical (unpaired) electrons. The van der Waals surface area contributed by atoms with Crippen molar-refractivity contribution in [3.05, 3.63) is 57.6 Å². The van der Waals surface area contributed by atoms with E-state index in [-0.39, 0.29) is 49.8 Å². The van der Waals surface area contributed by atoms with Crippen molar-refractivity contribution in [2.45, 2.75) is 109 Å². The Morgan fingerprint density at radius 3 is 1.96 bits per heavy atom. The number of carbonyl (C=O) groups is 2. The largest absolute Gasteiger partial charge is 0.413 e. The lowest BCUT2D eigenvalue weighted by Gasteiger charge is -2.49. The van der Waals surface area contributed by atoms with Crippen LogP contribution in [0.3, 0.4) is 0 Å². The SMILES string of the molecule is CC(C)[Si](OC1CCN(N2CCCC2=O)CC1Cc1c(Cl)cc(-c2ccc(C(=O)N3CCC(C(F)(F)F)CC3)cc2)cc1Cl)(C(C)C)C(C)C. The normalized spacial score (nSPS) is 21.7. The molecule has 2 amide bonds. The molecule has 2 aromatic rings. The van der Waals surface area contributed by atoms with Gasteiger partial charge in [0, 0.05) is 60.7 Å². The van der Waals surface area contributed by atoms with Crippen LogP contribution >= 0.6 is 23.2 Å².